The number of hydrogen-bond donors (Lipinski definition) is 1. The first-order valence-corrected chi connectivity index (χ1v) is 7.36. The molecule has 1 aromatic carbocycles. The van der Waals surface area contributed by atoms with Gasteiger partial charge in [0.2, 0.25) is 0 Å². The maximum Gasteiger partial charge on any atom is 0.416 e. The molecule has 122 valence electrons. The normalized spacial score (nSPS) is 18.2. The molecule has 1 heterocycles. The smallest absolute Gasteiger partial charge is 0.314 e. The SMILES string of the molecule is C=CCC[C@@H](c1c(F)cccc1C(F)(F)F)N1CCNCC1. The zero-order chi connectivity index (χ0) is 16.2. The molecule has 0 aromatic heterocycles. The molecule has 0 amide bonds. The third-order valence-corrected chi connectivity index (χ3v) is 3.93. The van der Waals surface area contributed by atoms with Crippen LogP contribution in [-0.2, 0) is 6.18 Å². The van der Waals surface area contributed by atoms with Crippen LogP contribution in [0.15, 0.2) is 30.9 Å². The Hall–Kier alpha value is -1.40. The summed E-state index contributed by atoms with van der Waals surface area (Å²) in [7, 11) is 0. The summed E-state index contributed by atoms with van der Waals surface area (Å²) in [5.74, 6) is -0.789. The van der Waals surface area contributed by atoms with E-state index < -0.39 is 23.6 Å². The van der Waals surface area contributed by atoms with E-state index >= 15 is 0 Å². The Kier molecular flexibility index (Phi) is 5.58. The van der Waals surface area contributed by atoms with E-state index in [2.05, 4.69) is 11.9 Å². The fourth-order valence-corrected chi connectivity index (χ4v) is 2.90. The molecule has 0 saturated carbocycles. The third-order valence-electron chi connectivity index (χ3n) is 3.93. The number of alkyl halides is 3. The van der Waals surface area contributed by atoms with Crippen LogP contribution in [0.25, 0.3) is 0 Å². The Morgan fingerprint density at radius 3 is 2.55 bits per heavy atom. The number of nitrogens with zero attached hydrogens (tertiary/aromatic N) is 1. The van der Waals surface area contributed by atoms with Crippen LogP contribution in [-0.4, -0.2) is 31.1 Å². The Balaban J connectivity index is 2.43. The number of rotatable bonds is 5. The standard InChI is InChI=1S/C16H20F4N2/c1-2-3-7-14(22-10-8-21-9-11-22)15-12(16(18,19)20)5-4-6-13(15)17/h2,4-6,14,21H,1,3,7-11H2/t14-/m0/s1. The van der Waals surface area contributed by atoms with Gasteiger partial charge < -0.3 is 5.32 Å². The van der Waals surface area contributed by atoms with Gasteiger partial charge in [-0.3, -0.25) is 4.90 Å². The van der Waals surface area contributed by atoms with Gasteiger partial charge in [-0.15, -0.1) is 6.58 Å². The maximum atomic E-state index is 14.2. The second-order valence-electron chi connectivity index (χ2n) is 5.37. The molecule has 0 spiro atoms. The van der Waals surface area contributed by atoms with Crippen molar-refractivity contribution in [2.45, 2.75) is 25.1 Å². The topological polar surface area (TPSA) is 15.3 Å². The molecule has 0 radical (unpaired) electrons. The molecule has 1 aliphatic rings. The molecular formula is C16H20F4N2. The van der Waals surface area contributed by atoms with E-state index in [4.69, 9.17) is 0 Å². The van der Waals surface area contributed by atoms with Crippen LogP contribution in [0.4, 0.5) is 17.6 Å². The minimum Gasteiger partial charge on any atom is -0.314 e. The summed E-state index contributed by atoms with van der Waals surface area (Å²) in [4.78, 5) is 1.92. The Bertz CT molecular complexity index is 507. The van der Waals surface area contributed by atoms with E-state index in [1.165, 1.54) is 0 Å². The maximum absolute atomic E-state index is 14.2. The number of nitrogens with one attached hydrogen (secondary N) is 1. The summed E-state index contributed by atoms with van der Waals surface area (Å²) in [6.45, 7) is 6.22. The quantitative estimate of drug-likeness (QED) is 0.657. The number of allylic oxidation sites excluding steroid dienone is 1. The highest BCUT2D eigenvalue weighted by Gasteiger charge is 2.38. The van der Waals surface area contributed by atoms with E-state index in [1.807, 2.05) is 4.90 Å². The zero-order valence-corrected chi connectivity index (χ0v) is 12.3. The minimum atomic E-state index is -4.56. The van der Waals surface area contributed by atoms with Gasteiger partial charge in [0.15, 0.2) is 0 Å². The molecule has 6 heteroatoms. The van der Waals surface area contributed by atoms with Crippen LogP contribution in [0.1, 0.15) is 30.0 Å². The van der Waals surface area contributed by atoms with Crippen molar-refractivity contribution in [2.75, 3.05) is 26.2 Å². The molecule has 1 aliphatic heterocycles. The molecule has 2 nitrogen and oxygen atoms in total. The van der Waals surface area contributed by atoms with Crippen molar-refractivity contribution in [3.05, 3.63) is 47.8 Å². The van der Waals surface area contributed by atoms with Gasteiger partial charge in [0.05, 0.1) is 5.56 Å². The van der Waals surface area contributed by atoms with Gasteiger partial charge in [-0.05, 0) is 25.0 Å². The molecular weight excluding hydrogens is 296 g/mol. The lowest BCUT2D eigenvalue weighted by Gasteiger charge is -2.36. The summed E-state index contributed by atoms with van der Waals surface area (Å²) >= 11 is 0. The first-order valence-electron chi connectivity index (χ1n) is 7.36. The van der Waals surface area contributed by atoms with Crippen molar-refractivity contribution in [1.82, 2.24) is 10.2 Å². The van der Waals surface area contributed by atoms with Gasteiger partial charge in [0, 0.05) is 37.8 Å². The molecule has 0 unspecified atom stereocenters. The molecule has 0 bridgehead atoms. The molecule has 1 atom stereocenters. The van der Waals surface area contributed by atoms with Crippen molar-refractivity contribution < 1.29 is 17.6 Å². The molecule has 22 heavy (non-hydrogen) atoms. The van der Waals surface area contributed by atoms with Crippen molar-refractivity contribution in [2.24, 2.45) is 0 Å². The van der Waals surface area contributed by atoms with Crippen LogP contribution >= 0.6 is 0 Å². The van der Waals surface area contributed by atoms with Gasteiger partial charge in [0.25, 0.3) is 0 Å². The minimum absolute atomic E-state index is 0.237. The van der Waals surface area contributed by atoms with E-state index in [-0.39, 0.29) is 5.56 Å². The lowest BCUT2D eigenvalue weighted by molar-refractivity contribution is -0.139. The average molecular weight is 316 g/mol. The number of benzene rings is 1. The van der Waals surface area contributed by atoms with Crippen molar-refractivity contribution >= 4 is 0 Å². The Morgan fingerprint density at radius 1 is 1.27 bits per heavy atom. The molecule has 1 fully saturated rings. The van der Waals surface area contributed by atoms with Gasteiger partial charge in [-0.1, -0.05) is 12.1 Å². The van der Waals surface area contributed by atoms with Gasteiger partial charge in [-0.2, -0.15) is 13.2 Å². The van der Waals surface area contributed by atoms with Gasteiger partial charge >= 0.3 is 6.18 Å². The molecule has 1 saturated heterocycles. The predicted molar refractivity (Wildman–Crippen MR) is 78.0 cm³/mol. The fraction of sp³-hybridized carbons (Fsp3) is 0.500. The number of halogens is 4. The van der Waals surface area contributed by atoms with Gasteiger partial charge in [0.1, 0.15) is 5.82 Å². The van der Waals surface area contributed by atoms with Crippen molar-refractivity contribution in [3.8, 4) is 0 Å². The summed E-state index contributed by atoms with van der Waals surface area (Å²) < 4.78 is 54.0. The summed E-state index contributed by atoms with van der Waals surface area (Å²) in [5, 5.41) is 3.16. The zero-order valence-electron chi connectivity index (χ0n) is 12.3. The lowest BCUT2D eigenvalue weighted by Crippen LogP contribution is -2.45. The van der Waals surface area contributed by atoms with E-state index in [9.17, 15) is 17.6 Å². The van der Waals surface area contributed by atoms with E-state index in [1.54, 1.807) is 6.08 Å². The summed E-state index contributed by atoms with van der Waals surface area (Å²) in [6, 6.07) is 2.59. The summed E-state index contributed by atoms with van der Waals surface area (Å²) in [5.41, 5.74) is -1.11. The Morgan fingerprint density at radius 2 is 1.95 bits per heavy atom. The monoisotopic (exact) mass is 316 g/mol. The van der Waals surface area contributed by atoms with Crippen LogP contribution in [0.3, 0.4) is 0 Å². The van der Waals surface area contributed by atoms with Crippen molar-refractivity contribution in [1.29, 1.82) is 0 Å². The largest absolute Gasteiger partial charge is 0.416 e. The lowest BCUT2D eigenvalue weighted by atomic mass is 9.94. The molecule has 1 N–H and O–H groups in total. The molecule has 1 aromatic rings. The number of hydrogen-bond acceptors (Lipinski definition) is 2. The van der Waals surface area contributed by atoms with Crippen LogP contribution < -0.4 is 5.32 Å². The molecule has 0 aliphatic carbocycles. The average Bonchev–Trinajstić information content (AvgIpc) is 2.49. The van der Waals surface area contributed by atoms with Crippen LogP contribution in [0, 0.1) is 5.82 Å². The fourth-order valence-electron chi connectivity index (χ4n) is 2.90. The third kappa shape index (κ3) is 3.87. The second-order valence-corrected chi connectivity index (χ2v) is 5.37. The Labute approximate surface area is 127 Å². The van der Waals surface area contributed by atoms with Crippen LogP contribution in [0.2, 0.25) is 0 Å². The highest BCUT2D eigenvalue weighted by atomic mass is 19.4. The van der Waals surface area contributed by atoms with E-state index in [0.717, 1.165) is 18.2 Å². The van der Waals surface area contributed by atoms with E-state index in [0.29, 0.717) is 39.0 Å². The first kappa shape index (κ1) is 17.0. The number of piperazine rings is 1. The first-order chi connectivity index (χ1) is 10.4. The second kappa shape index (κ2) is 7.24. The predicted octanol–water partition coefficient (Wildman–Crippen LogP) is 3.76. The highest BCUT2D eigenvalue weighted by molar-refractivity contribution is 5.34. The van der Waals surface area contributed by atoms with Gasteiger partial charge in [-0.25, -0.2) is 4.39 Å². The van der Waals surface area contributed by atoms with Crippen molar-refractivity contribution in [3.63, 3.8) is 0 Å². The van der Waals surface area contributed by atoms with Crippen LogP contribution in [0.5, 0.6) is 0 Å². The highest BCUT2D eigenvalue weighted by Crippen LogP contribution is 2.39. The molecule has 2 rings (SSSR count). The summed E-state index contributed by atoms with van der Waals surface area (Å²) in [6.07, 6.45) is -1.94.